The zero-order valence-corrected chi connectivity index (χ0v) is 14.5. The van der Waals surface area contributed by atoms with Crippen molar-refractivity contribution in [2.24, 2.45) is 0 Å². The molecule has 0 atom stereocenters. The first-order valence-corrected chi connectivity index (χ1v) is 9.19. The minimum Gasteiger partial charge on any atom is -0.280 e. The van der Waals surface area contributed by atoms with Crippen LogP contribution in [0.5, 0.6) is 0 Å². The fraction of sp³-hybridized carbons (Fsp3) is 0.100. The van der Waals surface area contributed by atoms with Crippen LogP contribution in [0.1, 0.15) is 11.1 Å². The Hall–Kier alpha value is -2.59. The van der Waals surface area contributed by atoms with Crippen molar-refractivity contribution < 1.29 is 8.42 Å². The van der Waals surface area contributed by atoms with Gasteiger partial charge in [-0.2, -0.15) is 0 Å². The summed E-state index contributed by atoms with van der Waals surface area (Å²) in [5.74, 6) is 0. The molecule has 0 aliphatic carbocycles. The molecule has 1 N–H and O–H groups in total. The molecule has 24 heavy (non-hydrogen) atoms. The molecule has 0 amide bonds. The molecule has 0 bridgehead atoms. The van der Waals surface area contributed by atoms with E-state index in [0.29, 0.717) is 10.6 Å². The summed E-state index contributed by atoms with van der Waals surface area (Å²) in [6.45, 7) is 3.68. The Morgan fingerprint density at radius 2 is 1.38 bits per heavy atom. The zero-order chi connectivity index (χ0) is 17.2. The first kappa shape index (κ1) is 16.3. The number of hydrogen-bond donors (Lipinski definition) is 1. The summed E-state index contributed by atoms with van der Waals surface area (Å²) in [5, 5.41) is 0. The maximum atomic E-state index is 12.6. The molecule has 0 aromatic heterocycles. The van der Waals surface area contributed by atoms with Crippen LogP contribution in [0.25, 0.3) is 11.1 Å². The highest BCUT2D eigenvalue weighted by atomic mass is 32.2. The summed E-state index contributed by atoms with van der Waals surface area (Å²) in [5.41, 5.74) is 4.34. The second kappa shape index (κ2) is 6.49. The van der Waals surface area contributed by atoms with Gasteiger partial charge in [0.2, 0.25) is 0 Å². The fourth-order valence-corrected chi connectivity index (χ4v) is 3.96. The van der Waals surface area contributed by atoms with Crippen LogP contribution in [-0.2, 0) is 10.0 Å². The highest BCUT2D eigenvalue weighted by Gasteiger charge is 2.17. The van der Waals surface area contributed by atoms with Gasteiger partial charge in [-0.3, -0.25) is 4.72 Å². The molecule has 0 unspecified atom stereocenters. The molecule has 0 saturated carbocycles. The molecule has 0 aliphatic heterocycles. The highest BCUT2D eigenvalue weighted by molar-refractivity contribution is 7.92. The van der Waals surface area contributed by atoms with E-state index in [-0.39, 0.29) is 0 Å². The number of rotatable bonds is 4. The van der Waals surface area contributed by atoms with Gasteiger partial charge in [-0.15, -0.1) is 0 Å². The van der Waals surface area contributed by atoms with Crippen molar-refractivity contribution in [3.8, 4) is 11.1 Å². The second-order valence-corrected chi connectivity index (χ2v) is 7.47. The van der Waals surface area contributed by atoms with Crippen LogP contribution in [0.4, 0.5) is 5.69 Å². The largest absolute Gasteiger partial charge is 0.280 e. The minimum atomic E-state index is -3.59. The van der Waals surface area contributed by atoms with E-state index < -0.39 is 10.0 Å². The summed E-state index contributed by atoms with van der Waals surface area (Å²) in [6.07, 6.45) is 0. The number of sulfonamides is 1. The van der Waals surface area contributed by atoms with Crippen molar-refractivity contribution in [3.05, 3.63) is 83.9 Å². The van der Waals surface area contributed by atoms with Crippen LogP contribution in [-0.4, -0.2) is 8.42 Å². The maximum absolute atomic E-state index is 12.6. The van der Waals surface area contributed by atoms with Gasteiger partial charge in [-0.1, -0.05) is 54.6 Å². The van der Waals surface area contributed by atoms with Crippen molar-refractivity contribution in [1.82, 2.24) is 0 Å². The Kier molecular flexibility index (Phi) is 4.40. The Morgan fingerprint density at radius 3 is 2.04 bits per heavy atom. The van der Waals surface area contributed by atoms with Crippen LogP contribution < -0.4 is 4.72 Å². The van der Waals surface area contributed by atoms with Crippen LogP contribution in [0.2, 0.25) is 0 Å². The third-order valence-electron chi connectivity index (χ3n) is 3.88. The van der Waals surface area contributed by atoms with Crippen LogP contribution in [0.3, 0.4) is 0 Å². The molecule has 3 rings (SSSR count). The van der Waals surface area contributed by atoms with Gasteiger partial charge in [0.15, 0.2) is 0 Å². The fourth-order valence-electron chi connectivity index (χ4n) is 2.57. The van der Waals surface area contributed by atoms with Gasteiger partial charge in [0.1, 0.15) is 0 Å². The van der Waals surface area contributed by atoms with Crippen molar-refractivity contribution in [2.45, 2.75) is 18.7 Å². The average molecular weight is 337 g/mol. The second-order valence-electron chi connectivity index (χ2n) is 5.82. The van der Waals surface area contributed by atoms with Gasteiger partial charge in [0, 0.05) is 5.69 Å². The summed E-state index contributed by atoms with van der Waals surface area (Å²) >= 11 is 0. The van der Waals surface area contributed by atoms with E-state index in [4.69, 9.17) is 0 Å². The number of aryl methyl sites for hydroxylation is 2. The predicted molar refractivity (Wildman–Crippen MR) is 98.6 cm³/mol. The van der Waals surface area contributed by atoms with Crippen molar-refractivity contribution >= 4 is 15.7 Å². The van der Waals surface area contributed by atoms with Gasteiger partial charge in [0.05, 0.1) is 4.90 Å². The van der Waals surface area contributed by atoms with Gasteiger partial charge in [-0.05, 0) is 54.3 Å². The molecule has 122 valence electrons. The van der Waals surface area contributed by atoms with Gasteiger partial charge in [0.25, 0.3) is 10.0 Å². The molecule has 0 radical (unpaired) electrons. The molecule has 0 fully saturated rings. The summed E-state index contributed by atoms with van der Waals surface area (Å²) in [6, 6.07) is 22.8. The van der Waals surface area contributed by atoms with Crippen LogP contribution in [0, 0.1) is 13.8 Å². The Bertz CT molecular complexity index is 947. The average Bonchev–Trinajstić information content (AvgIpc) is 2.58. The van der Waals surface area contributed by atoms with Gasteiger partial charge in [-0.25, -0.2) is 8.42 Å². The number of hydrogen-bond acceptors (Lipinski definition) is 2. The molecular formula is C20H19NO2S. The lowest BCUT2D eigenvalue weighted by Gasteiger charge is -2.11. The van der Waals surface area contributed by atoms with E-state index in [2.05, 4.69) is 4.72 Å². The quantitative estimate of drug-likeness (QED) is 0.745. The van der Waals surface area contributed by atoms with E-state index in [1.54, 1.807) is 25.1 Å². The van der Waals surface area contributed by atoms with E-state index in [1.165, 1.54) is 0 Å². The molecule has 0 spiro atoms. The Morgan fingerprint density at radius 1 is 0.750 bits per heavy atom. The highest BCUT2D eigenvalue weighted by Crippen LogP contribution is 2.24. The molecule has 0 saturated heterocycles. The molecule has 0 aliphatic rings. The van der Waals surface area contributed by atoms with E-state index in [0.717, 1.165) is 22.3 Å². The standard InChI is InChI=1S/C20H19NO2S/c1-15-8-9-16(2)20(14-15)24(22,23)21-19-12-10-18(11-13-19)17-6-4-3-5-7-17/h3-14,21H,1-2H3. The van der Waals surface area contributed by atoms with E-state index in [9.17, 15) is 8.42 Å². The monoisotopic (exact) mass is 337 g/mol. The van der Waals surface area contributed by atoms with Gasteiger partial charge >= 0.3 is 0 Å². The van der Waals surface area contributed by atoms with Crippen molar-refractivity contribution in [2.75, 3.05) is 4.72 Å². The van der Waals surface area contributed by atoms with Crippen molar-refractivity contribution in [3.63, 3.8) is 0 Å². The first-order chi connectivity index (χ1) is 11.5. The molecule has 3 aromatic rings. The number of benzene rings is 3. The Labute approximate surface area is 143 Å². The lowest BCUT2D eigenvalue weighted by molar-refractivity contribution is 0.600. The minimum absolute atomic E-state index is 0.314. The molecular weight excluding hydrogens is 318 g/mol. The normalized spacial score (nSPS) is 11.2. The summed E-state index contributed by atoms with van der Waals surface area (Å²) < 4.78 is 27.9. The first-order valence-electron chi connectivity index (χ1n) is 7.71. The predicted octanol–water partition coefficient (Wildman–Crippen LogP) is 4.77. The lowest BCUT2D eigenvalue weighted by atomic mass is 10.1. The van der Waals surface area contributed by atoms with Gasteiger partial charge < -0.3 is 0 Å². The smallest absolute Gasteiger partial charge is 0.262 e. The SMILES string of the molecule is Cc1ccc(C)c(S(=O)(=O)Nc2ccc(-c3ccccc3)cc2)c1. The summed E-state index contributed by atoms with van der Waals surface area (Å²) in [4.78, 5) is 0.314. The maximum Gasteiger partial charge on any atom is 0.262 e. The third kappa shape index (κ3) is 3.49. The third-order valence-corrected chi connectivity index (χ3v) is 5.40. The van der Waals surface area contributed by atoms with Crippen LogP contribution in [0.15, 0.2) is 77.7 Å². The van der Waals surface area contributed by atoms with Crippen molar-refractivity contribution in [1.29, 1.82) is 0 Å². The lowest BCUT2D eigenvalue weighted by Crippen LogP contribution is -2.14. The van der Waals surface area contributed by atoms with E-state index >= 15 is 0 Å². The molecule has 3 aromatic carbocycles. The molecule has 3 nitrogen and oxygen atoms in total. The number of nitrogens with one attached hydrogen (secondary N) is 1. The van der Waals surface area contributed by atoms with Crippen LogP contribution >= 0.6 is 0 Å². The zero-order valence-electron chi connectivity index (χ0n) is 13.7. The summed E-state index contributed by atoms with van der Waals surface area (Å²) in [7, 11) is -3.59. The molecule has 4 heteroatoms. The van der Waals surface area contributed by atoms with E-state index in [1.807, 2.05) is 61.5 Å². The topological polar surface area (TPSA) is 46.2 Å². The molecule has 0 heterocycles. The number of anilines is 1. The Balaban J connectivity index is 1.87.